The third-order valence-corrected chi connectivity index (χ3v) is 2.52. The largest absolute Gasteiger partial charge is 0.398 e. The molecule has 0 aliphatic rings. The molecule has 4 nitrogen and oxygen atoms in total. The van der Waals surface area contributed by atoms with Crippen LogP contribution in [0.15, 0.2) is 18.2 Å². The molecule has 5 N–H and O–H groups in total. The molecule has 0 aliphatic carbocycles. The minimum absolute atomic E-state index is 0.139. The van der Waals surface area contributed by atoms with Gasteiger partial charge in [0.25, 0.3) is 5.91 Å². The summed E-state index contributed by atoms with van der Waals surface area (Å²) in [6.07, 6.45) is 1.79. The number of hydrogen-bond donors (Lipinski definition) is 3. The van der Waals surface area contributed by atoms with Crippen LogP contribution in [0.1, 0.15) is 23.2 Å². The molecular formula is C11H16ClN3O. The molecular weight excluding hydrogens is 226 g/mol. The van der Waals surface area contributed by atoms with Gasteiger partial charge >= 0.3 is 0 Å². The summed E-state index contributed by atoms with van der Waals surface area (Å²) in [6, 6.07) is 4.84. The smallest absolute Gasteiger partial charge is 0.251 e. The van der Waals surface area contributed by atoms with E-state index >= 15 is 0 Å². The Morgan fingerprint density at radius 1 is 1.38 bits per heavy atom. The van der Waals surface area contributed by atoms with Crippen molar-refractivity contribution in [1.82, 2.24) is 5.32 Å². The fraction of sp³-hybridized carbons (Fsp3) is 0.364. The predicted octanol–water partition coefficient (Wildman–Crippen LogP) is 1.39. The van der Waals surface area contributed by atoms with Crippen LogP contribution in [-0.2, 0) is 0 Å². The first-order valence-corrected chi connectivity index (χ1v) is 5.56. The number of nitrogens with two attached hydrogens (primary N) is 2. The molecule has 0 spiro atoms. The van der Waals surface area contributed by atoms with Crippen molar-refractivity contribution in [2.24, 2.45) is 5.73 Å². The molecule has 0 heterocycles. The summed E-state index contributed by atoms with van der Waals surface area (Å²) >= 11 is 5.76. The van der Waals surface area contributed by atoms with Gasteiger partial charge in [-0.05, 0) is 37.6 Å². The molecule has 5 heteroatoms. The van der Waals surface area contributed by atoms with Crippen LogP contribution in [0, 0.1) is 0 Å². The lowest BCUT2D eigenvalue weighted by molar-refractivity contribution is 0.0953. The summed E-state index contributed by atoms with van der Waals surface area (Å²) in [7, 11) is 0. The second-order valence-corrected chi connectivity index (χ2v) is 3.90. The number of rotatable bonds is 5. The minimum Gasteiger partial charge on any atom is -0.398 e. The van der Waals surface area contributed by atoms with Crippen molar-refractivity contribution in [2.75, 3.05) is 18.8 Å². The van der Waals surface area contributed by atoms with Gasteiger partial charge in [-0.2, -0.15) is 0 Å². The molecule has 0 radical (unpaired) electrons. The number of halogens is 1. The van der Waals surface area contributed by atoms with Crippen LogP contribution in [0.25, 0.3) is 0 Å². The maximum Gasteiger partial charge on any atom is 0.251 e. The number of unbranched alkanes of at least 4 members (excludes halogenated alkanes) is 1. The number of hydrogen-bond acceptors (Lipinski definition) is 3. The summed E-state index contributed by atoms with van der Waals surface area (Å²) < 4.78 is 0. The first-order chi connectivity index (χ1) is 7.65. The first kappa shape index (κ1) is 12.8. The molecule has 16 heavy (non-hydrogen) atoms. The SMILES string of the molecule is NCCCCNC(=O)c1ccc(Cl)c(N)c1. The maximum atomic E-state index is 11.6. The Morgan fingerprint density at radius 3 is 2.75 bits per heavy atom. The highest BCUT2D eigenvalue weighted by molar-refractivity contribution is 6.33. The number of carbonyl (C=O) groups is 1. The third-order valence-electron chi connectivity index (χ3n) is 2.17. The van der Waals surface area contributed by atoms with Crippen LogP contribution in [0.3, 0.4) is 0 Å². The number of carbonyl (C=O) groups excluding carboxylic acids is 1. The Kier molecular flexibility index (Phi) is 5.08. The molecule has 0 unspecified atom stereocenters. The highest BCUT2D eigenvalue weighted by Crippen LogP contribution is 2.19. The summed E-state index contributed by atoms with van der Waals surface area (Å²) in [5.74, 6) is -0.139. The molecule has 88 valence electrons. The van der Waals surface area contributed by atoms with E-state index in [1.54, 1.807) is 18.2 Å². The number of nitrogen functional groups attached to an aromatic ring is 1. The standard InChI is InChI=1S/C11H16ClN3O/c12-9-4-3-8(7-10(9)14)11(16)15-6-2-1-5-13/h3-4,7H,1-2,5-6,13-14H2,(H,15,16). The van der Waals surface area contributed by atoms with E-state index in [1.165, 1.54) is 0 Å². The fourth-order valence-corrected chi connectivity index (χ4v) is 1.38. The molecule has 0 atom stereocenters. The van der Waals surface area contributed by atoms with Crippen LogP contribution in [-0.4, -0.2) is 19.0 Å². The van der Waals surface area contributed by atoms with Crippen molar-refractivity contribution in [3.63, 3.8) is 0 Å². The van der Waals surface area contributed by atoms with Gasteiger partial charge in [-0.15, -0.1) is 0 Å². The van der Waals surface area contributed by atoms with Gasteiger partial charge in [0.1, 0.15) is 0 Å². The Balaban J connectivity index is 2.50. The Hall–Kier alpha value is -1.26. The molecule has 0 aromatic heterocycles. The van der Waals surface area contributed by atoms with E-state index in [2.05, 4.69) is 5.32 Å². The quantitative estimate of drug-likeness (QED) is 0.538. The monoisotopic (exact) mass is 241 g/mol. The molecule has 0 aliphatic heterocycles. The fourth-order valence-electron chi connectivity index (χ4n) is 1.26. The maximum absolute atomic E-state index is 11.6. The first-order valence-electron chi connectivity index (χ1n) is 5.18. The Labute approximate surface area is 100.0 Å². The van der Waals surface area contributed by atoms with Gasteiger partial charge in [0.2, 0.25) is 0 Å². The second kappa shape index (κ2) is 6.35. The van der Waals surface area contributed by atoms with Gasteiger partial charge < -0.3 is 16.8 Å². The van der Waals surface area contributed by atoms with Crippen LogP contribution in [0.4, 0.5) is 5.69 Å². The van der Waals surface area contributed by atoms with Crippen molar-refractivity contribution >= 4 is 23.2 Å². The lowest BCUT2D eigenvalue weighted by Crippen LogP contribution is -2.24. The van der Waals surface area contributed by atoms with Crippen molar-refractivity contribution < 1.29 is 4.79 Å². The molecule has 0 fully saturated rings. The molecule has 1 aromatic rings. The van der Waals surface area contributed by atoms with E-state index in [1.807, 2.05) is 0 Å². The van der Waals surface area contributed by atoms with Gasteiger partial charge in [-0.3, -0.25) is 4.79 Å². The summed E-state index contributed by atoms with van der Waals surface area (Å²) in [4.78, 5) is 11.6. The lowest BCUT2D eigenvalue weighted by atomic mass is 10.2. The van der Waals surface area contributed by atoms with E-state index < -0.39 is 0 Å². The molecule has 1 rings (SSSR count). The van der Waals surface area contributed by atoms with E-state index in [0.29, 0.717) is 29.4 Å². The normalized spacial score (nSPS) is 10.1. The van der Waals surface area contributed by atoms with E-state index in [9.17, 15) is 4.79 Å². The van der Waals surface area contributed by atoms with Gasteiger partial charge in [-0.1, -0.05) is 11.6 Å². The predicted molar refractivity (Wildman–Crippen MR) is 66.5 cm³/mol. The average Bonchev–Trinajstić information content (AvgIpc) is 2.28. The third kappa shape index (κ3) is 3.72. The molecule has 0 saturated heterocycles. The van der Waals surface area contributed by atoms with Crippen LogP contribution >= 0.6 is 11.6 Å². The van der Waals surface area contributed by atoms with E-state index in [4.69, 9.17) is 23.1 Å². The molecule has 1 aromatic carbocycles. The summed E-state index contributed by atoms with van der Waals surface area (Å²) in [5.41, 5.74) is 11.9. The molecule has 0 bridgehead atoms. The van der Waals surface area contributed by atoms with Crippen molar-refractivity contribution in [3.05, 3.63) is 28.8 Å². The molecule has 1 amide bonds. The summed E-state index contributed by atoms with van der Waals surface area (Å²) in [5, 5.41) is 3.25. The van der Waals surface area contributed by atoms with Crippen molar-refractivity contribution in [3.8, 4) is 0 Å². The Bertz CT molecular complexity index is 368. The zero-order valence-corrected chi connectivity index (χ0v) is 9.76. The van der Waals surface area contributed by atoms with Gasteiger partial charge in [0.15, 0.2) is 0 Å². The number of anilines is 1. The Morgan fingerprint density at radius 2 is 2.12 bits per heavy atom. The topological polar surface area (TPSA) is 81.1 Å². The van der Waals surface area contributed by atoms with Crippen LogP contribution < -0.4 is 16.8 Å². The van der Waals surface area contributed by atoms with Gasteiger partial charge in [-0.25, -0.2) is 0 Å². The zero-order chi connectivity index (χ0) is 12.0. The molecule has 0 saturated carbocycles. The van der Waals surface area contributed by atoms with Gasteiger partial charge in [0, 0.05) is 12.1 Å². The lowest BCUT2D eigenvalue weighted by Gasteiger charge is -2.06. The van der Waals surface area contributed by atoms with Crippen LogP contribution in [0.5, 0.6) is 0 Å². The number of amides is 1. The van der Waals surface area contributed by atoms with E-state index in [0.717, 1.165) is 12.8 Å². The minimum atomic E-state index is -0.139. The van der Waals surface area contributed by atoms with E-state index in [-0.39, 0.29) is 5.91 Å². The number of nitrogens with one attached hydrogen (secondary N) is 1. The van der Waals surface area contributed by atoms with Crippen LogP contribution in [0.2, 0.25) is 5.02 Å². The highest BCUT2D eigenvalue weighted by Gasteiger charge is 2.06. The zero-order valence-electron chi connectivity index (χ0n) is 9.00. The highest BCUT2D eigenvalue weighted by atomic mass is 35.5. The second-order valence-electron chi connectivity index (χ2n) is 3.49. The van der Waals surface area contributed by atoms with Crippen molar-refractivity contribution in [2.45, 2.75) is 12.8 Å². The van der Waals surface area contributed by atoms with Gasteiger partial charge in [0.05, 0.1) is 10.7 Å². The average molecular weight is 242 g/mol. The summed E-state index contributed by atoms with van der Waals surface area (Å²) in [6.45, 7) is 1.27. The van der Waals surface area contributed by atoms with Crippen molar-refractivity contribution in [1.29, 1.82) is 0 Å². The number of benzene rings is 1.